The largest absolute Gasteiger partial charge is 0.356 e. The first kappa shape index (κ1) is 9.85. The summed E-state index contributed by atoms with van der Waals surface area (Å²) < 4.78 is 0. The van der Waals surface area contributed by atoms with E-state index in [4.69, 9.17) is 11.6 Å². The minimum atomic E-state index is 0.0810. The highest BCUT2D eigenvalue weighted by Gasteiger charge is 2.27. The molecule has 12 heavy (non-hydrogen) atoms. The lowest BCUT2D eigenvalue weighted by Gasteiger charge is -2.10. The van der Waals surface area contributed by atoms with Crippen LogP contribution in [-0.2, 0) is 4.79 Å². The lowest BCUT2D eigenvalue weighted by molar-refractivity contribution is -0.120. The molecule has 1 amide bonds. The zero-order valence-corrected chi connectivity index (χ0v) is 8.23. The van der Waals surface area contributed by atoms with Gasteiger partial charge in [0.05, 0.1) is 0 Å². The Balaban J connectivity index is 2.03. The molecule has 1 aliphatic carbocycles. The lowest BCUT2D eigenvalue weighted by Crippen LogP contribution is -2.28. The zero-order chi connectivity index (χ0) is 8.97. The van der Waals surface area contributed by atoms with Gasteiger partial charge in [0.2, 0.25) is 5.91 Å². The van der Waals surface area contributed by atoms with Gasteiger partial charge in [-0.25, -0.2) is 0 Å². The standard InChI is InChI=1S/C9H16ClNO/c1-7(8-2-3-8)6-11-9(12)4-5-10/h7-8H,2-6H2,1H3,(H,11,12). The van der Waals surface area contributed by atoms with Crippen LogP contribution < -0.4 is 5.32 Å². The lowest BCUT2D eigenvalue weighted by atomic mass is 10.1. The second-order valence-electron chi connectivity index (χ2n) is 3.56. The van der Waals surface area contributed by atoms with Crippen molar-refractivity contribution in [1.82, 2.24) is 5.32 Å². The molecule has 0 aromatic carbocycles. The van der Waals surface area contributed by atoms with Crippen LogP contribution in [0.25, 0.3) is 0 Å². The van der Waals surface area contributed by atoms with Gasteiger partial charge in [0.15, 0.2) is 0 Å². The molecule has 1 saturated carbocycles. The Morgan fingerprint density at radius 1 is 1.67 bits per heavy atom. The SMILES string of the molecule is CC(CNC(=O)CCCl)C1CC1. The molecule has 1 N–H and O–H groups in total. The van der Waals surface area contributed by atoms with Crippen LogP contribution in [0.15, 0.2) is 0 Å². The highest BCUT2D eigenvalue weighted by atomic mass is 35.5. The molecule has 0 spiro atoms. The smallest absolute Gasteiger partial charge is 0.221 e. The number of halogens is 1. The summed E-state index contributed by atoms with van der Waals surface area (Å²) in [6, 6.07) is 0. The predicted molar refractivity (Wildman–Crippen MR) is 50.2 cm³/mol. The van der Waals surface area contributed by atoms with Crippen molar-refractivity contribution in [3.8, 4) is 0 Å². The fraction of sp³-hybridized carbons (Fsp3) is 0.889. The van der Waals surface area contributed by atoms with Crippen molar-refractivity contribution in [3.63, 3.8) is 0 Å². The highest BCUT2D eigenvalue weighted by Crippen LogP contribution is 2.35. The van der Waals surface area contributed by atoms with Gasteiger partial charge in [0.1, 0.15) is 0 Å². The van der Waals surface area contributed by atoms with E-state index >= 15 is 0 Å². The molecular weight excluding hydrogens is 174 g/mol. The molecule has 1 atom stereocenters. The summed E-state index contributed by atoms with van der Waals surface area (Å²) in [7, 11) is 0. The van der Waals surface area contributed by atoms with E-state index in [1.165, 1.54) is 12.8 Å². The van der Waals surface area contributed by atoms with Crippen molar-refractivity contribution < 1.29 is 4.79 Å². The average molecular weight is 190 g/mol. The van der Waals surface area contributed by atoms with E-state index in [1.54, 1.807) is 0 Å². The number of hydrogen-bond acceptors (Lipinski definition) is 1. The zero-order valence-electron chi connectivity index (χ0n) is 7.48. The molecule has 0 aromatic rings. The fourth-order valence-corrected chi connectivity index (χ4v) is 1.45. The number of rotatable bonds is 5. The van der Waals surface area contributed by atoms with Crippen molar-refractivity contribution >= 4 is 17.5 Å². The van der Waals surface area contributed by atoms with Crippen LogP contribution in [0.1, 0.15) is 26.2 Å². The van der Waals surface area contributed by atoms with E-state index < -0.39 is 0 Å². The van der Waals surface area contributed by atoms with Gasteiger partial charge in [-0.15, -0.1) is 11.6 Å². The van der Waals surface area contributed by atoms with E-state index in [-0.39, 0.29) is 5.91 Å². The van der Waals surface area contributed by atoms with Gasteiger partial charge in [-0.3, -0.25) is 4.79 Å². The normalized spacial score (nSPS) is 18.8. The molecule has 70 valence electrons. The maximum Gasteiger partial charge on any atom is 0.221 e. The molecule has 1 rings (SSSR count). The van der Waals surface area contributed by atoms with Gasteiger partial charge in [-0.2, -0.15) is 0 Å². The number of nitrogens with one attached hydrogen (secondary N) is 1. The van der Waals surface area contributed by atoms with Crippen molar-refractivity contribution in [2.75, 3.05) is 12.4 Å². The summed E-state index contributed by atoms with van der Waals surface area (Å²) in [5, 5.41) is 2.88. The molecule has 0 radical (unpaired) electrons. The molecule has 0 heterocycles. The quantitative estimate of drug-likeness (QED) is 0.657. The minimum absolute atomic E-state index is 0.0810. The summed E-state index contributed by atoms with van der Waals surface area (Å²) in [5.41, 5.74) is 0. The Hall–Kier alpha value is -0.240. The average Bonchev–Trinajstić information content (AvgIpc) is 2.83. The van der Waals surface area contributed by atoms with Crippen LogP contribution in [0.5, 0.6) is 0 Å². The van der Waals surface area contributed by atoms with Gasteiger partial charge in [0.25, 0.3) is 0 Å². The third-order valence-corrected chi connectivity index (χ3v) is 2.56. The second-order valence-corrected chi connectivity index (χ2v) is 3.94. The van der Waals surface area contributed by atoms with E-state index in [2.05, 4.69) is 12.2 Å². The van der Waals surface area contributed by atoms with E-state index in [1.807, 2.05) is 0 Å². The van der Waals surface area contributed by atoms with Gasteiger partial charge in [0, 0.05) is 18.8 Å². The predicted octanol–water partition coefficient (Wildman–Crippen LogP) is 1.78. The Bertz CT molecular complexity index is 157. The maximum absolute atomic E-state index is 11.0. The van der Waals surface area contributed by atoms with Crippen molar-refractivity contribution in [1.29, 1.82) is 0 Å². The molecule has 3 heteroatoms. The van der Waals surface area contributed by atoms with E-state index in [0.717, 1.165) is 12.5 Å². The van der Waals surface area contributed by atoms with Gasteiger partial charge in [-0.1, -0.05) is 6.92 Å². The first-order valence-corrected chi connectivity index (χ1v) is 5.10. The minimum Gasteiger partial charge on any atom is -0.356 e. The summed E-state index contributed by atoms with van der Waals surface area (Å²) >= 11 is 5.43. The van der Waals surface area contributed by atoms with Crippen molar-refractivity contribution in [2.24, 2.45) is 11.8 Å². The maximum atomic E-state index is 11.0. The van der Waals surface area contributed by atoms with E-state index in [0.29, 0.717) is 18.2 Å². The third-order valence-electron chi connectivity index (χ3n) is 2.37. The number of carbonyl (C=O) groups is 1. The van der Waals surface area contributed by atoms with Crippen LogP contribution in [0.2, 0.25) is 0 Å². The Morgan fingerprint density at radius 2 is 2.33 bits per heavy atom. The molecule has 1 fully saturated rings. The third kappa shape index (κ3) is 3.44. The highest BCUT2D eigenvalue weighted by molar-refractivity contribution is 6.18. The number of hydrogen-bond donors (Lipinski definition) is 1. The van der Waals surface area contributed by atoms with Crippen LogP contribution in [0.4, 0.5) is 0 Å². The Labute approximate surface area is 78.7 Å². The summed E-state index contributed by atoms with van der Waals surface area (Å²) in [4.78, 5) is 11.0. The fourth-order valence-electron chi connectivity index (χ4n) is 1.28. The first-order chi connectivity index (χ1) is 5.74. The van der Waals surface area contributed by atoms with Gasteiger partial charge >= 0.3 is 0 Å². The van der Waals surface area contributed by atoms with Gasteiger partial charge in [-0.05, 0) is 24.7 Å². The molecule has 0 bridgehead atoms. The summed E-state index contributed by atoms with van der Waals surface area (Å²) in [6.45, 7) is 3.01. The van der Waals surface area contributed by atoms with Crippen molar-refractivity contribution in [2.45, 2.75) is 26.2 Å². The molecule has 0 saturated heterocycles. The number of carbonyl (C=O) groups excluding carboxylic acids is 1. The van der Waals surface area contributed by atoms with Crippen LogP contribution >= 0.6 is 11.6 Å². The van der Waals surface area contributed by atoms with Crippen molar-refractivity contribution in [3.05, 3.63) is 0 Å². The monoisotopic (exact) mass is 189 g/mol. The molecular formula is C9H16ClNO. The van der Waals surface area contributed by atoms with Crippen LogP contribution in [-0.4, -0.2) is 18.3 Å². The molecule has 0 aliphatic heterocycles. The molecule has 0 aromatic heterocycles. The van der Waals surface area contributed by atoms with Gasteiger partial charge < -0.3 is 5.32 Å². The first-order valence-electron chi connectivity index (χ1n) is 4.56. The second kappa shape index (κ2) is 4.70. The molecule has 2 nitrogen and oxygen atoms in total. The summed E-state index contributed by atoms with van der Waals surface area (Å²) in [6.07, 6.45) is 3.12. The Morgan fingerprint density at radius 3 is 2.83 bits per heavy atom. The summed E-state index contributed by atoms with van der Waals surface area (Å²) in [5.74, 6) is 2.01. The van der Waals surface area contributed by atoms with Crippen LogP contribution in [0, 0.1) is 11.8 Å². The Kier molecular flexibility index (Phi) is 3.86. The topological polar surface area (TPSA) is 29.1 Å². The van der Waals surface area contributed by atoms with Crippen LogP contribution in [0.3, 0.4) is 0 Å². The number of amides is 1. The van der Waals surface area contributed by atoms with E-state index in [9.17, 15) is 4.79 Å². The molecule has 1 unspecified atom stereocenters. The number of alkyl halides is 1. The molecule has 1 aliphatic rings.